The number of fused-ring (bicyclic) bond motifs is 1. The molecule has 7 nitrogen and oxygen atoms in total. The number of nitrogens with zero attached hydrogens (tertiary/aromatic N) is 5. The zero-order valence-corrected chi connectivity index (χ0v) is 15.2. The van der Waals surface area contributed by atoms with Crippen molar-refractivity contribution in [3.05, 3.63) is 12.0 Å². The van der Waals surface area contributed by atoms with Gasteiger partial charge in [0.1, 0.15) is 11.6 Å². The van der Waals surface area contributed by atoms with Gasteiger partial charge in [0.25, 0.3) is 0 Å². The molecule has 2 aromatic heterocycles. The van der Waals surface area contributed by atoms with E-state index in [4.69, 9.17) is 19.4 Å². The molecule has 0 N–H and O–H groups in total. The first-order valence-corrected chi connectivity index (χ1v) is 8.46. The van der Waals surface area contributed by atoms with Crippen molar-refractivity contribution in [2.45, 2.75) is 38.7 Å². The standard InChI is InChI=1S/C17H27N5O2/c1-17(2,3)16-19-14-13(10-18-21(14)4)15(20-16)22-7-9-24-12(11-22)6-8-23-5/h10,12H,6-9,11H2,1-5H3. The summed E-state index contributed by atoms with van der Waals surface area (Å²) in [6.07, 6.45) is 2.91. The summed E-state index contributed by atoms with van der Waals surface area (Å²) in [7, 11) is 3.64. The Labute approximate surface area is 143 Å². The van der Waals surface area contributed by atoms with Crippen LogP contribution in [0.15, 0.2) is 6.20 Å². The summed E-state index contributed by atoms with van der Waals surface area (Å²) in [6.45, 7) is 9.45. The number of anilines is 1. The van der Waals surface area contributed by atoms with E-state index in [0.717, 1.165) is 42.2 Å². The van der Waals surface area contributed by atoms with Gasteiger partial charge < -0.3 is 14.4 Å². The van der Waals surface area contributed by atoms with Gasteiger partial charge in [0.15, 0.2) is 5.65 Å². The molecule has 0 saturated carbocycles. The lowest BCUT2D eigenvalue weighted by Crippen LogP contribution is -2.43. The Hall–Kier alpha value is -1.73. The molecule has 3 rings (SSSR count). The predicted octanol–water partition coefficient (Wildman–Crippen LogP) is 1.90. The molecule has 0 amide bonds. The minimum atomic E-state index is -0.116. The molecular weight excluding hydrogens is 306 g/mol. The maximum Gasteiger partial charge on any atom is 0.163 e. The Kier molecular flexibility index (Phi) is 4.73. The molecule has 132 valence electrons. The van der Waals surface area contributed by atoms with E-state index in [0.29, 0.717) is 13.2 Å². The molecule has 1 aliphatic heterocycles. The van der Waals surface area contributed by atoms with E-state index < -0.39 is 0 Å². The number of hydrogen-bond donors (Lipinski definition) is 0. The first kappa shape index (κ1) is 17.1. The van der Waals surface area contributed by atoms with Crippen molar-refractivity contribution in [2.75, 3.05) is 38.3 Å². The molecule has 1 unspecified atom stereocenters. The van der Waals surface area contributed by atoms with Crippen LogP contribution in [0.3, 0.4) is 0 Å². The fraction of sp³-hybridized carbons (Fsp3) is 0.706. The van der Waals surface area contributed by atoms with Crippen LogP contribution in [-0.2, 0) is 21.9 Å². The first-order valence-electron chi connectivity index (χ1n) is 8.46. The zero-order valence-electron chi connectivity index (χ0n) is 15.2. The van der Waals surface area contributed by atoms with Crippen LogP contribution in [0.4, 0.5) is 5.82 Å². The molecule has 2 aromatic rings. The summed E-state index contributed by atoms with van der Waals surface area (Å²) in [5.74, 6) is 1.80. The third kappa shape index (κ3) is 3.37. The van der Waals surface area contributed by atoms with Gasteiger partial charge in [0, 0.05) is 39.3 Å². The molecule has 1 saturated heterocycles. The SMILES string of the molecule is COCCC1CN(c2nc(C(C)(C)C)nc3c2cnn3C)CCO1. The van der Waals surface area contributed by atoms with Gasteiger partial charge in [0.05, 0.1) is 24.3 Å². The van der Waals surface area contributed by atoms with Crippen LogP contribution in [-0.4, -0.2) is 59.3 Å². The smallest absolute Gasteiger partial charge is 0.163 e. The topological polar surface area (TPSA) is 65.3 Å². The average Bonchev–Trinajstić information content (AvgIpc) is 2.93. The number of morpholine rings is 1. The van der Waals surface area contributed by atoms with E-state index in [9.17, 15) is 0 Å². The van der Waals surface area contributed by atoms with Crippen LogP contribution >= 0.6 is 0 Å². The summed E-state index contributed by atoms with van der Waals surface area (Å²) in [4.78, 5) is 11.9. The molecule has 0 aliphatic carbocycles. The molecule has 0 aromatic carbocycles. The second-order valence-corrected chi connectivity index (χ2v) is 7.35. The van der Waals surface area contributed by atoms with Gasteiger partial charge in [-0.15, -0.1) is 0 Å². The van der Waals surface area contributed by atoms with Crippen molar-refractivity contribution in [1.82, 2.24) is 19.7 Å². The van der Waals surface area contributed by atoms with Crippen LogP contribution in [0.2, 0.25) is 0 Å². The van der Waals surface area contributed by atoms with Crippen molar-refractivity contribution in [3.63, 3.8) is 0 Å². The van der Waals surface area contributed by atoms with Crippen LogP contribution in [0.25, 0.3) is 11.0 Å². The number of methoxy groups -OCH3 is 1. The van der Waals surface area contributed by atoms with Crippen LogP contribution < -0.4 is 4.90 Å². The van der Waals surface area contributed by atoms with Crippen molar-refractivity contribution in [2.24, 2.45) is 7.05 Å². The molecule has 1 aliphatic rings. The van der Waals surface area contributed by atoms with Crippen molar-refractivity contribution >= 4 is 16.9 Å². The Morgan fingerprint density at radius 2 is 2.12 bits per heavy atom. The molecule has 7 heteroatoms. The van der Waals surface area contributed by atoms with Gasteiger partial charge >= 0.3 is 0 Å². The lowest BCUT2D eigenvalue weighted by Gasteiger charge is -2.34. The minimum Gasteiger partial charge on any atom is -0.385 e. The van der Waals surface area contributed by atoms with E-state index in [1.165, 1.54) is 0 Å². The highest BCUT2D eigenvalue weighted by Crippen LogP contribution is 2.29. The van der Waals surface area contributed by atoms with Gasteiger partial charge in [-0.1, -0.05) is 20.8 Å². The van der Waals surface area contributed by atoms with Crippen molar-refractivity contribution in [3.8, 4) is 0 Å². The monoisotopic (exact) mass is 333 g/mol. The second-order valence-electron chi connectivity index (χ2n) is 7.35. The maximum atomic E-state index is 5.86. The molecule has 0 spiro atoms. The van der Waals surface area contributed by atoms with E-state index in [1.807, 2.05) is 17.9 Å². The van der Waals surface area contributed by atoms with Crippen molar-refractivity contribution in [1.29, 1.82) is 0 Å². The summed E-state index contributed by atoms with van der Waals surface area (Å²) >= 11 is 0. The molecular formula is C17H27N5O2. The van der Waals surface area contributed by atoms with E-state index in [1.54, 1.807) is 7.11 Å². The second kappa shape index (κ2) is 6.64. The van der Waals surface area contributed by atoms with E-state index in [2.05, 4.69) is 30.8 Å². The fourth-order valence-corrected chi connectivity index (χ4v) is 2.92. The lowest BCUT2D eigenvalue weighted by atomic mass is 9.95. The first-order chi connectivity index (χ1) is 11.4. The number of hydrogen-bond acceptors (Lipinski definition) is 6. The number of aryl methyl sites for hydroxylation is 1. The highest BCUT2D eigenvalue weighted by molar-refractivity contribution is 5.87. The summed E-state index contributed by atoms with van der Waals surface area (Å²) < 4.78 is 12.9. The van der Waals surface area contributed by atoms with Crippen LogP contribution in [0.5, 0.6) is 0 Å². The Balaban J connectivity index is 1.98. The van der Waals surface area contributed by atoms with Crippen molar-refractivity contribution < 1.29 is 9.47 Å². The molecule has 0 bridgehead atoms. The summed E-state index contributed by atoms with van der Waals surface area (Å²) in [6, 6.07) is 0. The quantitative estimate of drug-likeness (QED) is 0.851. The largest absolute Gasteiger partial charge is 0.385 e. The third-order valence-electron chi connectivity index (χ3n) is 4.33. The third-order valence-corrected chi connectivity index (χ3v) is 4.33. The number of aromatic nitrogens is 4. The molecule has 1 fully saturated rings. The van der Waals surface area contributed by atoms with Crippen LogP contribution in [0, 0.1) is 0 Å². The Bertz CT molecular complexity index is 707. The summed E-state index contributed by atoms with van der Waals surface area (Å²) in [5, 5.41) is 5.38. The lowest BCUT2D eigenvalue weighted by molar-refractivity contribution is 0.0190. The molecule has 0 radical (unpaired) electrons. The Morgan fingerprint density at radius 1 is 1.33 bits per heavy atom. The minimum absolute atomic E-state index is 0.116. The number of ether oxygens (including phenoxy) is 2. The predicted molar refractivity (Wildman–Crippen MR) is 93.5 cm³/mol. The zero-order chi connectivity index (χ0) is 17.3. The molecule has 24 heavy (non-hydrogen) atoms. The molecule has 1 atom stereocenters. The fourth-order valence-electron chi connectivity index (χ4n) is 2.92. The average molecular weight is 333 g/mol. The summed E-state index contributed by atoms with van der Waals surface area (Å²) in [5.41, 5.74) is 0.763. The Morgan fingerprint density at radius 3 is 2.83 bits per heavy atom. The highest BCUT2D eigenvalue weighted by Gasteiger charge is 2.27. The van der Waals surface area contributed by atoms with Gasteiger partial charge in [-0.05, 0) is 6.42 Å². The highest BCUT2D eigenvalue weighted by atomic mass is 16.5. The van der Waals surface area contributed by atoms with Gasteiger partial charge in [0.2, 0.25) is 0 Å². The normalized spacial score (nSPS) is 19.2. The molecule has 3 heterocycles. The van der Waals surface area contributed by atoms with Gasteiger partial charge in [-0.3, -0.25) is 4.68 Å². The van der Waals surface area contributed by atoms with Gasteiger partial charge in [-0.2, -0.15) is 5.10 Å². The van der Waals surface area contributed by atoms with E-state index >= 15 is 0 Å². The number of rotatable bonds is 4. The van der Waals surface area contributed by atoms with E-state index in [-0.39, 0.29) is 11.5 Å². The maximum absolute atomic E-state index is 5.86. The van der Waals surface area contributed by atoms with Gasteiger partial charge in [-0.25, -0.2) is 9.97 Å². The van der Waals surface area contributed by atoms with Crippen LogP contribution in [0.1, 0.15) is 33.0 Å².